The third-order valence-corrected chi connectivity index (χ3v) is 10.1. The number of ether oxygens (including phenoxy) is 8. The molecule has 0 spiro atoms. The number of esters is 2. The van der Waals surface area contributed by atoms with Gasteiger partial charge in [-0.1, -0.05) is 37.1 Å². The predicted molar refractivity (Wildman–Crippen MR) is 212 cm³/mol. The number of phenols is 2. The maximum atomic E-state index is 12.8. The number of benzene rings is 4. The molecule has 0 amide bonds. The second-order valence-corrected chi connectivity index (χ2v) is 14.1. The quantitative estimate of drug-likeness (QED) is 0.0801. The van der Waals surface area contributed by atoms with Gasteiger partial charge in [0.15, 0.2) is 13.2 Å². The summed E-state index contributed by atoms with van der Waals surface area (Å²) in [4.78, 5) is 25.6. The molecule has 0 unspecified atom stereocenters. The second kappa shape index (κ2) is 21.4. The van der Waals surface area contributed by atoms with Crippen LogP contribution in [-0.2, 0) is 82.7 Å². The van der Waals surface area contributed by atoms with Crippen LogP contribution in [0.5, 0.6) is 23.0 Å². The first-order valence-electron chi connectivity index (χ1n) is 19.1. The van der Waals surface area contributed by atoms with Crippen LogP contribution in [0, 0.1) is 0 Å². The molecule has 1 saturated carbocycles. The maximum Gasteiger partial charge on any atom is 0.344 e. The van der Waals surface area contributed by atoms with Crippen LogP contribution < -0.4 is 9.47 Å². The molecule has 1 aliphatic rings. The second-order valence-electron chi connectivity index (χ2n) is 14.1. The fourth-order valence-corrected chi connectivity index (χ4v) is 7.44. The van der Waals surface area contributed by atoms with Crippen molar-refractivity contribution in [2.45, 2.75) is 70.4 Å². The molecule has 306 valence electrons. The van der Waals surface area contributed by atoms with Gasteiger partial charge in [0.2, 0.25) is 0 Å². The fourth-order valence-electron chi connectivity index (χ4n) is 7.44. The van der Waals surface area contributed by atoms with Crippen LogP contribution >= 0.6 is 0 Å². The molecule has 0 radical (unpaired) electrons. The Morgan fingerprint density at radius 3 is 1.19 bits per heavy atom. The molecular formula is C45H54O12. The van der Waals surface area contributed by atoms with Gasteiger partial charge in [0.25, 0.3) is 0 Å². The van der Waals surface area contributed by atoms with Gasteiger partial charge < -0.3 is 48.1 Å². The summed E-state index contributed by atoms with van der Waals surface area (Å²) in [5.74, 6) is 0.391. The molecule has 4 aromatic rings. The van der Waals surface area contributed by atoms with Crippen molar-refractivity contribution in [1.82, 2.24) is 0 Å². The fraction of sp³-hybridized carbons (Fsp3) is 0.422. The van der Waals surface area contributed by atoms with Crippen molar-refractivity contribution in [1.29, 1.82) is 0 Å². The highest BCUT2D eigenvalue weighted by atomic mass is 16.6. The van der Waals surface area contributed by atoms with Crippen molar-refractivity contribution >= 4 is 11.9 Å². The number of rotatable bonds is 22. The van der Waals surface area contributed by atoms with E-state index in [4.69, 9.17) is 37.9 Å². The number of carbonyl (C=O) groups excluding carboxylic acids is 2. The molecule has 0 atom stereocenters. The normalized spacial score (nSPS) is 13.3. The minimum atomic E-state index is -0.502. The van der Waals surface area contributed by atoms with E-state index in [9.17, 15) is 19.8 Å². The molecular weight excluding hydrogens is 732 g/mol. The molecule has 1 fully saturated rings. The molecule has 0 bridgehead atoms. The number of hydrogen-bond donors (Lipinski definition) is 2. The first-order valence-corrected chi connectivity index (χ1v) is 19.1. The van der Waals surface area contributed by atoms with Crippen molar-refractivity contribution < 1.29 is 57.7 Å². The number of carbonyl (C=O) groups is 2. The predicted octanol–water partition coefficient (Wildman–Crippen LogP) is 6.87. The largest absolute Gasteiger partial charge is 0.508 e. The molecule has 2 N–H and O–H groups in total. The molecule has 4 aromatic carbocycles. The zero-order valence-corrected chi connectivity index (χ0v) is 33.3. The Hall–Kier alpha value is -5.14. The van der Waals surface area contributed by atoms with E-state index in [0.717, 1.165) is 70.2 Å². The molecule has 0 heterocycles. The Bertz CT molecular complexity index is 1710. The van der Waals surface area contributed by atoms with Crippen LogP contribution in [0.25, 0.3) is 0 Å². The van der Waals surface area contributed by atoms with E-state index in [-0.39, 0.29) is 64.4 Å². The van der Waals surface area contributed by atoms with Gasteiger partial charge in [-0.05, 0) is 83.6 Å². The monoisotopic (exact) mass is 786 g/mol. The summed E-state index contributed by atoms with van der Waals surface area (Å²) in [6, 6.07) is 21.9. The van der Waals surface area contributed by atoms with Crippen LogP contribution in [0.3, 0.4) is 0 Å². The molecule has 0 saturated heterocycles. The number of methoxy groups -OCH3 is 4. The highest BCUT2D eigenvalue weighted by Gasteiger charge is 2.39. The average Bonchev–Trinajstić information content (AvgIpc) is 3.71. The molecule has 0 aromatic heterocycles. The summed E-state index contributed by atoms with van der Waals surface area (Å²) in [7, 11) is 6.47. The molecule has 12 nitrogen and oxygen atoms in total. The first kappa shape index (κ1) is 43.0. The van der Waals surface area contributed by atoms with Crippen LogP contribution in [0.15, 0.2) is 72.8 Å². The van der Waals surface area contributed by atoms with Gasteiger partial charge >= 0.3 is 11.9 Å². The standard InChI is InChI=1S/C45H54O12/c1-50-25-33-21-37(22-34(26-51-2)43(33)56-29-41(48)54-19-15-31-7-11-39(46)12-8-31)45(17-5-6-18-45)38-23-35(27-52-3)44(36(24-38)28-53-4)57-30-42(49)55-20-16-32-9-13-40(47)14-10-32/h7-14,21-24,46-47H,5-6,15-20,25-30H2,1-4H3. The smallest absolute Gasteiger partial charge is 0.344 e. The average molecular weight is 787 g/mol. The van der Waals surface area contributed by atoms with Gasteiger partial charge in [0, 0.05) is 68.9 Å². The molecule has 0 aliphatic heterocycles. The Balaban J connectivity index is 1.38. The van der Waals surface area contributed by atoms with E-state index in [1.165, 1.54) is 0 Å². The highest BCUT2D eigenvalue weighted by molar-refractivity contribution is 5.72. The summed E-state index contributed by atoms with van der Waals surface area (Å²) in [5, 5.41) is 19.0. The van der Waals surface area contributed by atoms with Crippen LogP contribution in [0.2, 0.25) is 0 Å². The summed E-state index contributed by atoms with van der Waals surface area (Å²) in [6.45, 7) is 0.748. The lowest BCUT2D eigenvalue weighted by atomic mass is 9.71. The van der Waals surface area contributed by atoms with E-state index < -0.39 is 17.4 Å². The van der Waals surface area contributed by atoms with Gasteiger partial charge in [0.05, 0.1) is 39.6 Å². The van der Waals surface area contributed by atoms with Gasteiger partial charge in [-0.3, -0.25) is 0 Å². The van der Waals surface area contributed by atoms with Crippen molar-refractivity contribution in [2.24, 2.45) is 0 Å². The van der Waals surface area contributed by atoms with E-state index in [1.807, 2.05) is 0 Å². The van der Waals surface area contributed by atoms with Gasteiger partial charge in [-0.15, -0.1) is 0 Å². The zero-order valence-electron chi connectivity index (χ0n) is 33.3. The Morgan fingerprint density at radius 1 is 0.544 bits per heavy atom. The highest BCUT2D eigenvalue weighted by Crippen LogP contribution is 2.49. The minimum absolute atomic E-state index is 0.177. The Morgan fingerprint density at radius 2 is 0.877 bits per heavy atom. The third-order valence-electron chi connectivity index (χ3n) is 10.1. The SMILES string of the molecule is COCc1cc(C2(c3cc(COC)c(OCC(=O)OCCc4ccc(O)cc4)c(COC)c3)CCCC2)cc(COC)c1OCC(=O)OCCc1ccc(O)cc1. The van der Waals surface area contributed by atoms with E-state index in [2.05, 4.69) is 24.3 Å². The lowest BCUT2D eigenvalue weighted by Crippen LogP contribution is -2.26. The topological polar surface area (TPSA) is 148 Å². The van der Waals surface area contributed by atoms with Crippen LogP contribution in [0.1, 0.15) is 70.2 Å². The van der Waals surface area contributed by atoms with Crippen molar-refractivity contribution in [3.05, 3.63) is 117 Å². The third kappa shape index (κ3) is 11.7. The summed E-state index contributed by atoms with van der Waals surface area (Å²) in [6.07, 6.45) is 4.81. The van der Waals surface area contributed by atoms with Crippen molar-refractivity contribution in [2.75, 3.05) is 54.9 Å². The molecule has 57 heavy (non-hydrogen) atoms. The lowest BCUT2D eigenvalue weighted by molar-refractivity contribution is -0.146. The van der Waals surface area contributed by atoms with Crippen LogP contribution in [0.4, 0.5) is 0 Å². The molecule has 5 rings (SSSR count). The van der Waals surface area contributed by atoms with Gasteiger partial charge in [-0.25, -0.2) is 9.59 Å². The summed E-state index contributed by atoms with van der Waals surface area (Å²) < 4.78 is 45.9. The lowest BCUT2D eigenvalue weighted by Gasteiger charge is -2.33. The zero-order chi connectivity index (χ0) is 40.6. The first-order chi connectivity index (χ1) is 27.7. The number of hydrogen-bond acceptors (Lipinski definition) is 12. The Labute approximate surface area is 334 Å². The summed E-state index contributed by atoms with van der Waals surface area (Å²) in [5.41, 5.74) is 6.74. The van der Waals surface area contributed by atoms with Crippen LogP contribution in [-0.4, -0.2) is 77.0 Å². The summed E-state index contributed by atoms with van der Waals surface area (Å²) >= 11 is 0. The van der Waals surface area contributed by atoms with Gasteiger partial charge in [-0.2, -0.15) is 0 Å². The Kier molecular flexibility index (Phi) is 16.1. The minimum Gasteiger partial charge on any atom is -0.508 e. The number of aromatic hydroxyl groups is 2. The van der Waals surface area contributed by atoms with E-state index in [0.29, 0.717) is 24.3 Å². The maximum absolute atomic E-state index is 12.8. The molecule has 1 aliphatic carbocycles. The van der Waals surface area contributed by atoms with Gasteiger partial charge in [0.1, 0.15) is 23.0 Å². The van der Waals surface area contributed by atoms with E-state index >= 15 is 0 Å². The van der Waals surface area contributed by atoms with Crippen molar-refractivity contribution in [3.8, 4) is 23.0 Å². The number of phenolic OH excluding ortho intramolecular Hbond substituents is 2. The molecule has 12 heteroatoms. The van der Waals surface area contributed by atoms with E-state index in [1.54, 1.807) is 77.0 Å². The van der Waals surface area contributed by atoms with Crippen molar-refractivity contribution in [3.63, 3.8) is 0 Å².